The summed E-state index contributed by atoms with van der Waals surface area (Å²) in [6.45, 7) is 4.30. The number of oxazole rings is 1. The molecule has 0 radical (unpaired) electrons. The number of amidine groups is 1. The van der Waals surface area contributed by atoms with E-state index >= 15 is 0 Å². The van der Waals surface area contributed by atoms with Crippen LogP contribution in [0.25, 0.3) is 22.9 Å². The Balaban J connectivity index is 1.37. The molecule has 2 aromatic heterocycles. The fourth-order valence-corrected chi connectivity index (χ4v) is 4.63. The Morgan fingerprint density at radius 3 is 2.73 bits per heavy atom. The predicted octanol–water partition coefficient (Wildman–Crippen LogP) is 4.77. The lowest BCUT2D eigenvalue weighted by molar-refractivity contribution is 0.348. The second-order valence-electron chi connectivity index (χ2n) is 8.33. The van der Waals surface area contributed by atoms with Crippen molar-refractivity contribution in [2.75, 3.05) is 24.6 Å². The topological polar surface area (TPSA) is 62.7 Å². The van der Waals surface area contributed by atoms with Crippen LogP contribution in [0.3, 0.4) is 0 Å². The molecule has 0 saturated carbocycles. The SMILES string of the molecule is Cc1cn(-c2ccc(/C=C3\CCCN4C3=NCCN4c3ccc(F)cc3)c3ocnc23)cn1. The molecule has 0 unspecified atom stereocenters. The largest absolute Gasteiger partial charge is 0.443 e. The van der Waals surface area contributed by atoms with E-state index in [1.807, 2.05) is 35.9 Å². The van der Waals surface area contributed by atoms with Gasteiger partial charge in [0.15, 0.2) is 12.0 Å². The number of nitrogens with zero attached hydrogens (tertiary/aromatic N) is 6. The van der Waals surface area contributed by atoms with Gasteiger partial charge in [0, 0.05) is 18.3 Å². The van der Waals surface area contributed by atoms with Crippen LogP contribution in [0.4, 0.5) is 10.1 Å². The van der Waals surface area contributed by atoms with Gasteiger partial charge in [0.05, 0.1) is 36.5 Å². The highest BCUT2D eigenvalue weighted by molar-refractivity contribution is 6.05. The molecule has 1 saturated heterocycles. The van der Waals surface area contributed by atoms with E-state index in [0.717, 1.165) is 71.1 Å². The summed E-state index contributed by atoms with van der Waals surface area (Å²) in [5.74, 6) is 0.744. The first-order valence-electron chi connectivity index (χ1n) is 11.1. The van der Waals surface area contributed by atoms with Gasteiger partial charge in [-0.2, -0.15) is 0 Å². The molecule has 4 heterocycles. The normalized spacial score (nSPS) is 17.5. The summed E-state index contributed by atoms with van der Waals surface area (Å²) in [5, 5.41) is 4.41. The average Bonchev–Trinajstić information content (AvgIpc) is 3.49. The van der Waals surface area contributed by atoms with Crippen molar-refractivity contribution in [1.82, 2.24) is 19.5 Å². The maximum absolute atomic E-state index is 13.4. The summed E-state index contributed by atoms with van der Waals surface area (Å²) in [4.78, 5) is 13.7. The number of fused-ring (bicyclic) bond motifs is 2. The van der Waals surface area contributed by atoms with E-state index in [4.69, 9.17) is 9.41 Å². The van der Waals surface area contributed by atoms with Crippen molar-refractivity contribution in [2.45, 2.75) is 19.8 Å². The fraction of sp³-hybridized carbons (Fsp3) is 0.240. The molecule has 2 aliphatic rings. The quantitative estimate of drug-likeness (QED) is 0.457. The predicted molar refractivity (Wildman–Crippen MR) is 126 cm³/mol. The third-order valence-corrected chi connectivity index (χ3v) is 6.15. The number of halogens is 1. The minimum atomic E-state index is -0.228. The number of rotatable bonds is 3. The van der Waals surface area contributed by atoms with Gasteiger partial charge in [-0.25, -0.2) is 14.4 Å². The first kappa shape index (κ1) is 19.7. The van der Waals surface area contributed by atoms with Gasteiger partial charge >= 0.3 is 0 Å². The number of imidazole rings is 1. The molecule has 0 N–H and O–H groups in total. The van der Waals surface area contributed by atoms with Gasteiger partial charge in [-0.1, -0.05) is 0 Å². The van der Waals surface area contributed by atoms with Crippen molar-refractivity contribution in [1.29, 1.82) is 0 Å². The van der Waals surface area contributed by atoms with Crippen LogP contribution in [-0.4, -0.2) is 45.0 Å². The summed E-state index contributed by atoms with van der Waals surface area (Å²) in [6, 6.07) is 10.8. The van der Waals surface area contributed by atoms with Crippen LogP contribution in [0.5, 0.6) is 0 Å². The molecule has 8 heteroatoms. The molecule has 0 bridgehead atoms. The van der Waals surface area contributed by atoms with Crippen molar-refractivity contribution in [3.05, 3.63) is 78.0 Å². The lowest BCUT2D eigenvalue weighted by Gasteiger charge is -2.44. The molecule has 2 aromatic carbocycles. The molecule has 7 nitrogen and oxygen atoms in total. The van der Waals surface area contributed by atoms with Gasteiger partial charge in [0.1, 0.15) is 17.2 Å². The Hall–Kier alpha value is -3.94. The van der Waals surface area contributed by atoms with Crippen LogP contribution < -0.4 is 5.01 Å². The number of aryl methyl sites for hydroxylation is 1. The number of anilines is 1. The number of aromatic nitrogens is 3. The summed E-state index contributed by atoms with van der Waals surface area (Å²) < 4.78 is 21.2. The summed E-state index contributed by atoms with van der Waals surface area (Å²) in [6.07, 6.45) is 9.36. The highest BCUT2D eigenvalue weighted by Crippen LogP contribution is 2.31. The Morgan fingerprint density at radius 1 is 1.03 bits per heavy atom. The molecule has 6 rings (SSSR count). The molecule has 2 aliphatic heterocycles. The van der Waals surface area contributed by atoms with Gasteiger partial charge in [-0.15, -0.1) is 0 Å². The van der Waals surface area contributed by atoms with E-state index in [9.17, 15) is 4.39 Å². The molecular weight excluding hydrogens is 419 g/mol. The lowest BCUT2D eigenvalue weighted by Crippen LogP contribution is -2.53. The highest BCUT2D eigenvalue weighted by atomic mass is 19.1. The first-order chi connectivity index (χ1) is 16.2. The van der Waals surface area contributed by atoms with E-state index in [1.54, 1.807) is 6.33 Å². The van der Waals surface area contributed by atoms with Crippen LogP contribution >= 0.6 is 0 Å². The van der Waals surface area contributed by atoms with Gasteiger partial charge in [-0.3, -0.25) is 15.0 Å². The van der Waals surface area contributed by atoms with Crippen molar-refractivity contribution < 1.29 is 8.81 Å². The van der Waals surface area contributed by atoms with Crippen LogP contribution in [0.2, 0.25) is 0 Å². The number of hydrazine groups is 1. The average molecular weight is 442 g/mol. The van der Waals surface area contributed by atoms with Crippen molar-refractivity contribution in [2.24, 2.45) is 4.99 Å². The molecule has 1 fully saturated rings. The molecule has 33 heavy (non-hydrogen) atoms. The fourth-order valence-electron chi connectivity index (χ4n) is 4.63. The van der Waals surface area contributed by atoms with Crippen molar-refractivity contribution in [3.63, 3.8) is 0 Å². The molecule has 0 aliphatic carbocycles. The van der Waals surface area contributed by atoms with E-state index in [-0.39, 0.29) is 5.82 Å². The number of hydrogen-bond donors (Lipinski definition) is 0. The zero-order valence-electron chi connectivity index (χ0n) is 18.3. The van der Waals surface area contributed by atoms with Crippen LogP contribution in [0, 0.1) is 12.7 Å². The van der Waals surface area contributed by atoms with Crippen LogP contribution in [0.1, 0.15) is 24.1 Å². The Morgan fingerprint density at radius 2 is 1.91 bits per heavy atom. The number of hydrogen-bond acceptors (Lipinski definition) is 6. The summed E-state index contributed by atoms with van der Waals surface area (Å²) in [7, 11) is 0. The minimum absolute atomic E-state index is 0.228. The lowest BCUT2D eigenvalue weighted by atomic mass is 10.00. The second kappa shape index (κ2) is 7.88. The molecule has 166 valence electrons. The van der Waals surface area contributed by atoms with Crippen LogP contribution in [-0.2, 0) is 0 Å². The Labute approximate surface area is 190 Å². The standard InChI is InChI=1S/C25H23FN6O/c1-17-14-30(15-28-17)22-9-4-18(24-23(22)29-16-33-24)13-19-3-2-11-32-25(19)27-10-12-31(32)21-7-5-20(26)6-8-21/h4-9,13-16H,2-3,10-12H2,1H3/b19-13+. The molecule has 4 aromatic rings. The maximum atomic E-state index is 13.4. The molecule has 0 amide bonds. The number of benzene rings is 2. The Kier molecular flexibility index (Phi) is 4.71. The second-order valence-corrected chi connectivity index (χ2v) is 8.33. The van der Waals surface area contributed by atoms with Crippen molar-refractivity contribution >= 4 is 28.7 Å². The van der Waals surface area contributed by atoms with Gasteiger partial charge in [0.25, 0.3) is 0 Å². The van der Waals surface area contributed by atoms with Gasteiger partial charge in [-0.05, 0) is 67.8 Å². The van der Waals surface area contributed by atoms with E-state index in [0.29, 0.717) is 6.54 Å². The summed E-state index contributed by atoms with van der Waals surface area (Å²) in [5.41, 5.74) is 6.54. The third-order valence-electron chi connectivity index (χ3n) is 6.15. The maximum Gasteiger partial charge on any atom is 0.182 e. The van der Waals surface area contributed by atoms with E-state index < -0.39 is 0 Å². The first-order valence-corrected chi connectivity index (χ1v) is 11.1. The number of aliphatic imine (C=N–C) groups is 1. The van der Waals surface area contributed by atoms with E-state index in [1.165, 1.54) is 18.5 Å². The van der Waals surface area contributed by atoms with Crippen molar-refractivity contribution in [3.8, 4) is 5.69 Å². The Bertz CT molecular complexity index is 1380. The zero-order valence-corrected chi connectivity index (χ0v) is 18.3. The highest BCUT2D eigenvalue weighted by Gasteiger charge is 2.29. The van der Waals surface area contributed by atoms with E-state index in [2.05, 4.69) is 32.1 Å². The molecule has 0 spiro atoms. The minimum Gasteiger partial charge on any atom is -0.443 e. The monoisotopic (exact) mass is 442 g/mol. The number of piperidine rings is 1. The molecule has 0 atom stereocenters. The van der Waals surface area contributed by atoms with Gasteiger partial charge in [0.2, 0.25) is 0 Å². The summed E-state index contributed by atoms with van der Waals surface area (Å²) >= 11 is 0. The third kappa shape index (κ3) is 3.47. The zero-order chi connectivity index (χ0) is 22.4. The smallest absolute Gasteiger partial charge is 0.182 e. The van der Waals surface area contributed by atoms with Crippen LogP contribution in [0.15, 0.2) is 70.3 Å². The molecular formula is C25H23FN6O. The van der Waals surface area contributed by atoms with Gasteiger partial charge < -0.3 is 8.98 Å².